The summed E-state index contributed by atoms with van der Waals surface area (Å²) in [4.78, 5) is 29.7. The number of carbonyl (C=O) groups is 2. The van der Waals surface area contributed by atoms with Crippen LogP contribution in [0, 0.1) is 6.92 Å². The van der Waals surface area contributed by atoms with Gasteiger partial charge >= 0.3 is 0 Å². The molecule has 4 aromatic carbocycles. The summed E-state index contributed by atoms with van der Waals surface area (Å²) in [7, 11) is 4.68. The first-order valence-corrected chi connectivity index (χ1v) is 13.0. The number of anilines is 1. The molecule has 1 atom stereocenters. The van der Waals surface area contributed by atoms with Crippen LogP contribution in [0.3, 0.4) is 0 Å². The fourth-order valence-corrected chi connectivity index (χ4v) is 4.47. The minimum atomic E-state index is -0.959. The molecule has 0 fully saturated rings. The number of benzene rings is 4. The standard InChI is InChI=1S/C33H34N2O5/c1-23-10-12-25(13-11-23)22-35(31(36)20-24-8-6-5-7-9-24)32(26-14-19-29(39-3)30(21-26)40-4)33(37)34-27-15-17-28(38-2)18-16-27/h5-19,21,32H,20,22H2,1-4H3,(H,34,37). The number of rotatable bonds is 11. The van der Waals surface area contributed by atoms with Crippen LogP contribution in [0.5, 0.6) is 17.2 Å². The molecule has 0 aliphatic rings. The maximum atomic E-state index is 14.1. The van der Waals surface area contributed by atoms with Crippen LogP contribution >= 0.6 is 0 Å². The number of hydrogen-bond donors (Lipinski definition) is 1. The molecule has 0 radical (unpaired) electrons. The summed E-state index contributed by atoms with van der Waals surface area (Å²) in [6.07, 6.45) is 0.145. The van der Waals surface area contributed by atoms with Crippen LogP contribution < -0.4 is 19.5 Å². The van der Waals surface area contributed by atoms with Crippen molar-refractivity contribution in [3.8, 4) is 17.2 Å². The molecule has 206 valence electrons. The highest BCUT2D eigenvalue weighted by molar-refractivity contribution is 5.98. The molecule has 40 heavy (non-hydrogen) atoms. The molecule has 4 aromatic rings. The van der Waals surface area contributed by atoms with Crippen LogP contribution in [-0.4, -0.2) is 38.0 Å². The molecule has 0 aliphatic carbocycles. The number of amides is 2. The molecule has 1 N–H and O–H groups in total. The minimum Gasteiger partial charge on any atom is -0.497 e. The average Bonchev–Trinajstić information content (AvgIpc) is 2.98. The Hall–Kier alpha value is -4.78. The van der Waals surface area contributed by atoms with Crippen molar-refractivity contribution in [3.63, 3.8) is 0 Å². The number of hydrogen-bond acceptors (Lipinski definition) is 5. The number of nitrogens with zero attached hydrogens (tertiary/aromatic N) is 1. The second-order valence-electron chi connectivity index (χ2n) is 9.40. The van der Waals surface area contributed by atoms with Crippen molar-refractivity contribution >= 4 is 17.5 Å². The zero-order valence-electron chi connectivity index (χ0n) is 23.2. The lowest BCUT2D eigenvalue weighted by molar-refractivity contribution is -0.139. The van der Waals surface area contributed by atoms with Gasteiger partial charge in [-0.05, 0) is 60.0 Å². The molecule has 7 heteroatoms. The largest absolute Gasteiger partial charge is 0.497 e. The summed E-state index contributed by atoms with van der Waals surface area (Å²) in [5.74, 6) is 1.13. The first-order chi connectivity index (χ1) is 19.4. The molecule has 0 aromatic heterocycles. The van der Waals surface area contributed by atoms with Gasteiger partial charge in [-0.2, -0.15) is 0 Å². The second-order valence-corrected chi connectivity index (χ2v) is 9.40. The van der Waals surface area contributed by atoms with Crippen LogP contribution in [-0.2, 0) is 22.6 Å². The van der Waals surface area contributed by atoms with E-state index in [-0.39, 0.29) is 24.8 Å². The SMILES string of the molecule is COc1ccc(NC(=O)C(c2ccc(OC)c(OC)c2)N(Cc2ccc(C)cc2)C(=O)Cc2ccccc2)cc1. The van der Waals surface area contributed by atoms with E-state index in [0.29, 0.717) is 28.5 Å². The zero-order chi connectivity index (χ0) is 28.5. The van der Waals surface area contributed by atoms with Crippen LogP contribution in [0.1, 0.15) is 28.3 Å². The molecule has 0 aliphatic heterocycles. The number of carbonyl (C=O) groups excluding carboxylic acids is 2. The molecule has 0 saturated heterocycles. The van der Waals surface area contributed by atoms with Gasteiger partial charge in [0.1, 0.15) is 11.8 Å². The first kappa shape index (κ1) is 28.2. The van der Waals surface area contributed by atoms with E-state index < -0.39 is 6.04 Å². The molecule has 2 amide bonds. The third-order valence-corrected chi connectivity index (χ3v) is 6.63. The van der Waals surface area contributed by atoms with Crippen molar-refractivity contribution in [3.05, 3.63) is 119 Å². The summed E-state index contributed by atoms with van der Waals surface area (Å²) >= 11 is 0. The van der Waals surface area contributed by atoms with E-state index in [9.17, 15) is 9.59 Å². The molecule has 0 saturated carbocycles. The number of ether oxygens (including phenoxy) is 3. The number of nitrogens with one attached hydrogen (secondary N) is 1. The molecule has 4 rings (SSSR count). The molecule has 0 spiro atoms. The summed E-state index contributed by atoms with van der Waals surface area (Å²) in [5, 5.41) is 2.99. The van der Waals surface area contributed by atoms with Gasteiger partial charge in [0.25, 0.3) is 5.91 Å². The Labute approximate surface area is 235 Å². The molecular formula is C33H34N2O5. The van der Waals surface area contributed by atoms with Crippen molar-refractivity contribution in [1.82, 2.24) is 4.90 Å². The van der Waals surface area contributed by atoms with Gasteiger partial charge in [-0.1, -0.05) is 66.2 Å². The van der Waals surface area contributed by atoms with Gasteiger partial charge in [0, 0.05) is 12.2 Å². The Morgan fingerprint density at radius 3 is 2.05 bits per heavy atom. The van der Waals surface area contributed by atoms with E-state index in [1.807, 2.05) is 61.5 Å². The monoisotopic (exact) mass is 538 g/mol. The van der Waals surface area contributed by atoms with Gasteiger partial charge in [0.15, 0.2) is 11.5 Å². The van der Waals surface area contributed by atoms with Crippen molar-refractivity contribution in [2.24, 2.45) is 0 Å². The highest BCUT2D eigenvalue weighted by Gasteiger charge is 2.32. The normalized spacial score (nSPS) is 11.3. The van der Waals surface area contributed by atoms with Crippen LogP contribution in [0.15, 0.2) is 97.1 Å². The summed E-state index contributed by atoms with van der Waals surface area (Å²) < 4.78 is 16.2. The predicted octanol–water partition coefficient (Wildman–Crippen LogP) is 5.97. The lowest BCUT2D eigenvalue weighted by atomic mass is 10.0. The lowest BCUT2D eigenvalue weighted by Gasteiger charge is -2.32. The first-order valence-electron chi connectivity index (χ1n) is 13.0. The van der Waals surface area contributed by atoms with Gasteiger partial charge in [0.05, 0.1) is 27.8 Å². The summed E-state index contributed by atoms with van der Waals surface area (Å²) in [6, 6.07) is 28.9. The van der Waals surface area contributed by atoms with Crippen LogP contribution in [0.2, 0.25) is 0 Å². The van der Waals surface area contributed by atoms with E-state index in [0.717, 1.165) is 16.7 Å². The third kappa shape index (κ3) is 6.99. The lowest BCUT2D eigenvalue weighted by Crippen LogP contribution is -2.41. The van der Waals surface area contributed by atoms with E-state index in [4.69, 9.17) is 14.2 Å². The Balaban J connectivity index is 1.78. The highest BCUT2D eigenvalue weighted by atomic mass is 16.5. The molecule has 0 bridgehead atoms. The number of aryl methyl sites for hydroxylation is 1. The predicted molar refractivity (Wildman–Crippen MR) is 156 cm³/mol. The topological polar surface area (TPSA) is 77.1 Å². The average molecular weight is 539 g/mol. The molecule has 0 heterocycles. The van der Waals surface area contributed by atoms with Crippen molar-refractivity contribution in [1.29, 1.82) is 0 Å². The van der Waals surface area contributed by atoms with Gasteiger partial charge in [-0.15, -0.1) is 0 Å². The Kier molecular flexibility index (Phi) is 9.41. The minimum absolute atomic E-state index is 0.145. The van der Waals surface area contributed by atoms with Gasteiger partial charge in [-0.25, -0.2) is 0 Å². The molecule has 7 nitrogen and oxygen atoms in total. The Morgan fingerprint density at radius 1 is 0.750 bits per heavy atom. The maximum Gasteiger partial charge on any atom is 0.251 e. The third-order valence-electron chi connectivity index (χ3n) is 6.63. The van der Waals surface area contributed by atoms with Gasteiger partial charge < -0.3 is 24.4 Å². The Morgan fingerprint density at radius 2 is 1.43 bits per heavy atom. The second kappa shape index (κ2) is 13.3. The quantitative estimate of drug-likeness (QED) is 0.255. The fourth-order valence-electron chi connectivity index (χ4n) is 4.47. The van der Waals surface area contributed by atoms with Crippen molar-refractivity contribution in [2.45, 2.75) is 25.9 Å². The van der Waals surface area contributed by atoms with Crippen molar-refractivity contribution in [2.75, 3.05) is 26.6 Å². The maximum absolute atomic E-state index is 14.1. The number of methoxy groups -OCH3 is 3. The highest BCUT2D eigenvalue weighted by Crippen LogP contribution is 2.34. The molecular weight excluding hydrogens is 504 g/mol. The van der Waals surface area contributed by atoms with E-state index >= 15 is 0 Å². The van der Waals surface area contributed by atoms with E-state index in [1.165, 1.54) is 0 Å². The van der Waals surface area contributed by atoms with Crippen LogP contribution in [0.25, 0.3) is 0 Å². The zero-order valence-corrected chi connectivity index (χ0v) is 23.2. The molecule has 1 unspecified atom stereocenters. The fraction of sp³-hybridized carbons (Fsp3) is 0.212. The van der Waals surface area contributed by atoms with Gasteiger partial charge in [-0.3, -0.25) is 9.59 Å². The van der Waals surface area contributed by atoms with Crippen LogP contribution in [0.4, 0.5) is 5.69 Å². The Bertz CT molecular complexity index is 1420. The van der Waals surface area contributed by atoms with E-state index in [1.54, 1.807) is 68.7 Å². The van der Waals surface area contributed by atoms with E-state index in [2.05, 4.69) is 5.32 Å². The van der Waals surface area contributed by atoms with Gasteiger partial charge in [0.2, 0.25) is 5.91 Å². The summed E-state index contributed by atoms with van der Waals surface area (Å²) in [6.45, 7) is 2.25. The van der Waals surface area contributed by atoms with Crippen molar-refractivity contribution < 1.29 is 23.8 Å². The summed E-state index contributed by atoms with van der Waals surface area (Å²) in [5.41, 5.74) is 4.07. The smallest absolute Gasteiger partial charge is 0.251 e.